The molecule has 2 aliphatic rings. The number of furan rings is 1. The Hall–Kier alpha value is -1.89. The monoisotopic (exact) mass is 435 g/mol. The highest BCUT2D eigenvalue weighted by molar-refractivity contribution is 8.18. The number of hydrogen-bond donors (Lipinski definition) is 1. The van der Waals surface area contributed by atoms with Crippen molar-refractivity contribution in [3.8, 4) is 0 Å². The Kier molecular flexibility index (Phi) is 5.99. The standard InChI is InChI=1S/C20H19Cl2N3O2S/c21-14-6-5-7-15(18(14)22)23-20-24-19(26)16(28-20)12-13-8-9-17(27-13)25-10-3-1-2-4-11-25/h5-9,12H,1-4,10-11H2,(H,23,24,26). The molecule has 0 bridgehead atoms. The summed E-state index contributed by atoms with van der Waals surface area (Å²) in [5, 5.41) is 3.99. The second kappa shape index (κ2) is 8.64. The lowest BCUT2D eigenvalue weighted by atomic mass is 10.2. The number of thioether (sulfide) groups is 1. The van der Waals surface area contributed by atoms with Gasteiger partial charge in [-0.05, 0) is 42.8 Å². The van der Waals surface area contributed by atoms with E-state index in [-0.39, 0.29) is 5.91 Å². The van der Waals surface area contributed by atoms with Crippen molar-refractivity contribution in [2.75, 3.05) is 18.0 Å². The van der Waals surface area contributed by atoms with Crippen LogP contribution in [0.3, 0.4) is 0 Å². The van der Waals surface area contributed by atoms with Crippen molar-refractivity contribution in [1.29, 1.82) is 0 Å². The number of nitrogens with zero attached hydrogens (tertiary/aromatic N) is 2. The van der Waals surface area contributed by atoms with E-state index in [0.29, 0.717) is 31.6 Å². The number of halogens is 2. The molecule has 2 aliphatic heterocycles. The zero-order valence-corrected chi connectivity index (χ0v) is 17.4. The highest BCUT2D eigenvalue weighted by atomic mass is 35.5. The number of nitrogens with one attached hydrogen (secondary N) is 1. The number of carbonyl (C=O) groups is 1. The molecule has 146 valence electrons. The Labute approximate surface area is 177 Å². The van der Waals surface area contributed by atoms with Crippen LogP contribution < -0.4 is 10.2 Å². The molecule has 8 heteroatoms. The van der Waals surface area contributed by atoms with Crippen LogP contribution in [-0.4, -0.2) is 24.2 Å². The predicted molar refractivity (Wildman–Crippen MR) is 117 cm³/mol. The molecule has 0 spiro atoms. The molecule has 0 saturated carbocycles. The fraction of sp³-hybridized carbons (Fsp3) is 0.300. The fourth-order valence-corrected chi connectivity index (χ4v) is 4.33. The second-order valence-corrected chi connectivity index (χ2v) is 8.45. The van der Waals surface area contributed by atoms with Crippen molar-refractivity contribution in [1.82, 2.24) is 5.32 Å². The summed E-state index contributed by atoms with van der Waals surface area (Å²) in [5.41, 5.74) is 0.514. The quantitative estimate of drug-likeness (QED) is 0.613. The van der Waals surface area contributed by atoms with E-state index in [4.69, 9.17) is 27.6 Å². The van der Waals surface area contributed by atoms with E-state index in [0.717, 1.165) is 19.0 Å². The molecule has 0 unspecified atom stereocenters. The minimum Gasteiger partial charge on any atom is -0.441 e. The Morgan fingerprint density at radius 1 is 1.11 bits per heavy atom. The summed E-state index contributed by atoms with van der Waals surface area (Å²) in [7, 11) is 0. The third kappa shape index (κ3) is 4.40. The van der Waals surface area contributed by atoms with Crippen molar-refractivity contribution in [3.63, 3.8) is 0 Å². The maximum atomic E-state index is 12.3. The highest BCUT2D eigenvalue weighted by Gasteiger charge is 2.25. The van der Waals surface area contributed by atoms with Gasteiger partial charge in [0.2, 0.25) is 0 Å². The number of amidine groups is 1. The molecule has 28 heavy (non-hydrogen) atoms. The molecule has 1 amide bonds. The topological polar surface area (TPSA) is 57.8 Å². The number of benzene rings is 1. The van der Waals surface area contributed by atoms with Gasteiger partial charge in [0, 0.05) is 25.2 Å². The van der Waals surface area contributed by atoms with Crippen LogP contribution in [0.2, 0.25) is 10.0 Å². The molecule has 2 saturated heterocycles. The summed E-state index contributed by atoms with van der Waals surface area (Å²) in [6, 6.07) is 9.06. The van der Waals surface area contributed by atoms with E-state index >= 15 is 0 Å². The number of amides is 1. The van der Waals surface area contributed by atoms with E-state index in [1.54, 1.807) is 24.3 Å². The van der Waals surface area contributed by atoms with Gasteiger partial charge >= 0.3 is 0 Å². The lowest BCUT2D eigenvalue weighted by molar-refractivity contribution is -0.115. The van der Waals surface area contributed by atoms with E-state index in [1.165, 1.54) is 37.4 Å². The van der Waals surface area contributed by atoms with Crippen molar-refractivity contribution >= 4 is 63.7 Å². The molecule has 0 aliphatic carbocycles. The van der Waals surface area contributed by atoms with E-state index in [1.807, 2.05) is 12.1 Å². The molecule has 1 aromatic heterocycles. The zero-order chi connectivity index (χ0) is 19.5. The van der Waals surface area contributed by atoms with Gasteiger partial charge < -0.3 is 14.6 Å². The maximum absolute atomic E-state index is 12.3. The van der Waals surface area contributed by atoms with Gasteiger partial charge in [0.1, 0.15) is 5.76 Å². The van der Waals surface area contributed by atoms with Gasteiger partial charge in [-0.15, -0.1) is 0 Å². The van der Waals surface area contributed by atoms with Crippen LogP contribution in [0.15, 0.2) is 44.6 Å². The van der Waals surface area contributed by atoms with Gasteiger partial charge in [-0.25, -0.2) is 4.99 Å². The van der Waals surface area contributed by atoms with Crippen LogP contribution in [0.4, 0.5) is 11.6 Å². The first-order valence-electron chi connectivity index (χ1n) is 9.18. The Bertz CT molecular complexity index is 947. The van der Waals surface area contributed by atoms with Gasteiger partial charge in [0.05, 0.1) is 20.6 Å². The van der Waals surface area contributed by atoms with Crippen LogP contribution in [0, 0.1) is 0 Å². The molecule has 2 fully saturated rings. The maximum Gasteiger partial charge on any atom is 0.264 e. The molecule has 0 radical (unpaired) electrons. The van der Waals surface area contributed by atoms with Crippen LogP contribution in [0.25, 0.3) is 6.08 Å². The number of aliphatic imine (C=N–C) groups is 1. The Balaban J connectivity index is 1.50. The number of anilines is 1. The summed E-state index contributed by atoms with van der Waals surface area (Å²) in [4.78, 5) is 19.5. The molecular formula is C20H19Cl2N3O2S. The van der Waals surface area contributed by atoms with Crippen molar-refractivity contribution in [2.24, 2.45) is 4.99 Å². The largest absolute Gasteiger partial charge is 0.441 e. The predicted octanol–water partition coefficient (Wildman–Crippen LogP) is 5.86. The molecule has 1 aromatic carbocycles. The first-order valence-corrected chi connectivity index (χ1v) is 10.8. The van der Waals surface area contributed by atoms with Gasteiger partial charge in [-0.3, -0.25) is 4.79 Å². The summed E-state index contributed by atoms with van der Waals surface area (Å²) >= 11 is 13.4. The molecule has 3 heterocycles. The number of rotatable bonds is 3. The summed E-state index contributed by atoms with van der Waals surface area (Å²) in [6.07, 6.45) is 6.64. The Morgan fingerprint density at radius 3 is 2.68 bits per heavy atom. The highest BCUT2D eigenvalue weighted by Crippen LogP contribution is 2.35. The van der Waals surface area contributed by atoms with Gasteiger partial charge in [0.25, 0.3) is 5.91 Å². The average molecular weight is 436 g/mol. The summed E-state index contributed by atoms with van der Waals surface area (Å²) < 4.78 is 5.96. The normalized spacial score (nSPS) is 20.6. The molecule has 0 atom stereocenters. The zero-order valence-electron chi connectivity index (χ0n) is 15.1. The lowest BCUT2D eigenvalue weighted by Gasteiger charge is -2.18. The molecule has 5 nitrogen and oxygen atoms in total. The third-order valence-corrected chi connectivity index (χ3v) is 6.33. The van der Waals surface area contributed by atoms with E-state index in [9.17, 15) is 4.79 Å². The van der Waals surface area contributed by atoms with Gasteiger partial charge in [0.15, 0.2) is 11.1 Å². The van der Waals surface area contributed by atoms with Crippen LogP contribution in [-0.2, 0) is 4.79 Å². The molecule has 1 N–H and O–H groups in total. The average Bonchev–Trinajstić information content (AvgIpc) is 3.16. The number of hydrogen-bond acceptors (Lipinski definition) is 5. The van der Waals surface area contributed by atoms with E-state index < -0.39 is 0 Å². The second-order valence-electron chi connectivity index (χ2n) is 6.63. The summed E-state index contributed by atoms with van der Waals surface area (Å²) in [5.74, 6) is 1.30. The van der Waals surface area contributed by atoms with Crippen molar-refractivity contribution in [2.45, 2.75) is 25.7 Å². The SMILES string of the molecule is O=C1NC(=Nc2cccc(Cl)c2Cl)SC1=Cc1ccc(N2CCCCCC2)o1. The molecular weight excluding hydrogens is 417 g/mol. The number of carbonyl (C=O) groups excluding carboxylic acids is 1. The van der Waals surface area contributed by atoms with Crippen LogP contribution >= 0.6 is 35.0 Å². The molecule has 4 rings (SSSR count). The van der Waals surface area contributed by atoms with Crippen molar-refractivity contribution in [3.05, 3.63) is 51.0 Å². The fourth-order valence-electron chi connectivity index (χ4n) is 3.18. The van der Waals surface area contributed by atoms with Crippen LogP contribution in [0.1, 0.15) is 31.4 Å². The first kappa shape index (κ1) is 19.4. The minimum absolute atomic E-state index is 0.213. The molecule has 2 aromatic rings. The van der Waals surface area contributed by atoms with Crippen molar-refractivity contribution < 1.29 is 9.21 Å². The summed E-state index contributed by atoms with van der Waals surface area (Å²) in [6.45, 7) is 2.02. The van der Waals surface area contributed by atoms with Crippen LogP contribution in [0.5, 0.6) is 0 Å². The Morgan fingerprint density at radius 2 is 1.89 bits per heavy atom. The minimum atomic E-state index is -0.213. The van der Waals surface area contributed by atoms with E-state index in [2.05, 4.69) is 15.2 Å². The van der Waals surface area contributed by atoms with Gasteiger partial charge in [-0.1, -0.05) is 42.1 Å². The smallest absolute Gasteiger partial charge is 0.264 e. The lowest BCUT2D eigenvalue weighted by Crippen LogP contribution is -2.23. The third-order valence-electron chi connectivity index (χ3n) is 4.61. The van der Waals surface area contributed by atoms with Gasteiger partial charge in [-0.2, -0.15) is 0 Å². The first-order chi connectivity index (χ1) is 13.6.